The molecule has 1 unspecified atom stereocenters. The zero-order valence-electron chi connectivity index (χ0n) is 11.4. The van der Waals surface area contributed by atoms with E-state index < -0.39 is 0 Å². The van der Waals surface area contributed by atoms with E-state index in [4.69, 9.17) is 10.6 Å². The molecule has 1 heterocycles. The van der Waals surface area contributed by atoms with Crippen LogP contribution in [0.4, 0.5) is 0 Å². The van der Waals surface area contributed by atoms with E-state index in [2.05, 4.69) is 23.6 Å². The van der Waals surface area contributed by atoms with Gasteiger partial charge in [0, 0.05) is 25.4 Å². The quantitative estimate of drug-likeness (QED) is 0.598. The molecule has 0 aliphatic heterocycles. The zero-order chi connectivity index (χ0) is 13.0. The number of hydrazine groups is 1. The van der Waals surface area contributed by atoms with Crippen LogP contribution in [-0.4, -0.2) is 22.5 Å². The van der Waals surface area contributed by atoms with Crippen LogP contribution in [0, 0.1) is 0 Å². The van der Waals surface area contributed by atoms with Gasteiger partial charge in [-0.15, -0.1) is 0 Å². The predicted octanol–water partition coefficient (Wildman–Crippen LogP) is 1.76. The monoisotopic (exact) mass is 252 g/mol. The molecule has 0 radical (unpaired) electrons. The average Bonchev–Trinajstić information content (AvgIpc) is 3.01. The molecule has 1 aliphatic rings. The van der Waals surface area contributed by atoms with E-state index >= 15 is 0 Å². The van der Waals surface area contributed by atoms with Crippen molar-refractivity contribution in [2.75, 3.05) is 7.11 Å². The highest BCUT2D eigenvalue weighted by Gasteiger charge is 2.42. The maximum atomic E-state index is 5.80. The number of aryl methyl sites for hydroxylation is 1. The van der Waals surface area contributed by atoms with Gasteiger partial charge in [0.05, 0.1) is 17.8 Å². The van der Waals surface area contributed by atoms with Crippen LogP contribution >= 0.6 is 0 Å². The molecule has 0 bridgehead atoms. The van der Waals surface area contributed by atoms with Gasteiger partial charge in [-0.1, -0.05) is 19.8 Å². The SMILES string of the molecule is CCCn1cc(C(NN)C2(OC)CCCC2)cn1. The molecule has 0 saturated heterocycles. The van der Waals surface area contributed by atoms with E-state index in [0.717, 1.165) is 31.4 Å². The molecule has 5 heteroatoms. The second kappa shape index (κ2) is 5.82. The van der Waals surface area contributed by atoms with Crippen molar-refractivity contribution in [1.82, 2.24) is 15.2 Å². The summed E-state index contributed by atoms with van der Waals surface area (Å²) in [5.41, 5.74) is 3.88. The second-order valence-electron chi connectivity index (χ2n) is 5.11. The minimum absolute atomic E-state index is 0.0237. The molecule has 1 saturated carbocycles. The summed E-state index contributed by atoms with van der Waals surface area (Å²) in [5, 5.41) is 4.38. The highest BCUT2D eigenvalue weighted by molar-refractivity contribution is 5.17. The smallest absolute Gasteiger partial charge is 0.0886 e. The number of methoxy groups -OCH3 is 1. The van der Waals surface area contributed by atoms with Gasteiger partial charge in [-0.05, 0) is 19.3 Å². The fourth-order valence-corrected chi connectivity index (χ4v) is 3.02. The second-order valence-corrected chi connectivity index (χ2v) is 5.11. The zero-order valence-corrected chi connectivity index (χ0v) is 11.4. The summed E-state index contributed by atoms with van der Waals surface area (Å²) in [7, 11) is 1.78. The molecular weight excluding hydrogens is 228 g/mol. The topological polar surface area (TPSA) is 65.1 Å². The van der Waals surface area contributed by atoms with Crippen LogP contribution in [-0.2, 0) is 11.3 Å². The number of aromatic nitrogens is 2. The molecular formula is C13H24N4O. The van der Waals surface area contributed by atoms with E-state index in [0.29, 0.717) is 0 Å². The van der Waals surface area contributed by atoms with Crippen molar-refractivity contribution >= 4 is 0 Å². The minimum Gasteiger partial charge on any atom is -0.376 e. The van der Waals surface area contributed by atoms with Gasteiger partial charge in [0.15, 0.2) is 0 Å². The normalized spacial score (nSPS) is 20.2. The summed E-state index contributed by atoms with van der Waals surface area (Å²) in [4.78, 5) is 0. The van der Waals surface area contributed by atoms with Gasteiger partial charge in [-0.2, -0.15) is 5.10 Å². The number of nitrogens with two attached hydrogens (primary N) is 1. The highest BCUT2D eigenvalue weighted by atomic mass is 16.5. The third kappa shape index (κ3) is 2.43. The van der Waals surface area contributed by atoms with Crippen molar-refractivity contribution in [1.29, 1.82) is 0 Å². The lowest BCUT2D eigenvalue weighted by atomic mass is 9.88. The Bertz CT molecular complexity index is 371. The van der Waals surface area contributed by atoms with Crippen molar-refractivity contribution in [2.45, 2.75) is 57.2 Å². The summed E-state index contributed by atoms with van der Waals surface area (Å²) in [5.74, 6) is 5.76. The van der Waals surface area contributed by atoms with Crippen LogP contribution in [0.5, 0.6) is 0 Å². The Morgan fingerprint density at radius 3 is 2.83 bits per heavy atom. The fourth-order valence-electron chi connectivity index (χ4n) is 3.02. The fraction of sp³-hybridized carbons (Fsp3) is 0.769. The molecule has 18 heavy (non-hydrogen) atoms. The van der Waals surface area contributed by atoms with E-state index in [1.165, 1.54) is 12.8 Å². The Kier molecular flexibility index (Phi) is 4.37. The van der Waals surface area contributed by atoms with E-state index in [-0.39, 0.29) is 11.6 Å². The first kappa shape index (κ1) is 13.5. The van der Waals surface area contributed by atoms with Crippen molar-refractivity contribution < 1.29 is 4.74 Å². The van der Waals surface area contributed by atoms with Gasteiger partial charge in [0.2, 0.25) is 0 Å². The molecule has 2 rings (SSSR count). The molecule has 1 aromatic heterocycles. The summed E-state index contributed by atoms with van der Waals surface area (Å²) in [6, 6.07) is 0.0237. The maximum absolute atomic E-state index is 5.80. The van der Waals surface area contributed by atoms with Gasteiger partial charge >= 0.3 is 0 Å². The molecule has 0 amide bonds. The van der Waals surface area contributed by atoms with Gasteiger partial charge in [-0.25, -0.2) is 5.43 Å². The number of hydrogen-bond donors (Lipinski definition) is 2. The number of nitrogens with zero attached hydrogens (tertiary/aromatic N) is 2. The van der Waals surface area contributed by atoms with Crippen molar-refractivity contribution in [3.05, 3.63) is 18.0 Å². The summed E-state index contributed by atoms with van der Waals surface area (Å²) < 4.78 is 7.77. The Hall–Kier alpha value is -0.910. The molecule has 5 nitrogen and oxygen atoms in total. The maximum Gasteiger partial charge on any atom is 0.0886 e. The Balaban J connectivity index is 2.20. The van der Waals surface area contributed by atoms with Crippen LogP contribution in [0.3, 0.4) is 0 Å². The Labute approximate surface area is 109 Å². The van der Waals surface area contributed by atoms with Crippen LogP contribution in [0.25, 0.3) is 0 Å². The molecule has 0 spiro atoms. The first-order valence-electron chi connectivity index (χ1n) is 6.79. The minimum atomic E-state index is -0.172. The number of nitrogens with one attached hydrogen (secondary N) is 1. The van der Waals surface area contributed by atoms with Gasteiger partial charge in [0.1, 0.15) is 0 Å². The Morgan fingerprint density at radius 1 is 1.56 bits per heavy atom. The van der Waals surface area contributed by atoms with Crippen LogP contribution < -0.4 is 11.3 Å². The largest absolute Gasteiger partial charge is 0.376 e. The standard InChI is InChI=1S/C13H24N4O/c1-3-8-17-10-11(9-15-17)12(16-14)13(18-2)6-4-5-7-13/h9-10,12,16H,3-8,14H2,1-2H3. The summed E-state index contributed by atoms with van der Waals surface area (Å²) in [6.07, 6.45) is 9.57. The van der Waals surface area contributed by atoms with Crippen molar-refractivity contribution in [3.63, 3.8) is 0 Å². The third-order valence-electron chi connectivity index (χ3n) is 3.99. The summed E-state index contributed by atoms with van der Waals surface area (Å²) in [6.45, 7) is 3.09. The lowest BCUT2D eigenvalue weighted by Crippen LogP contribution is -2.46. The van der Waals surface area contributed by atoms with E-state index in [1.54, 1.807) is 7.11 Å². The van der Waals surface area contributed by atoms with Crippen molar-refractivity contribution in [2.24, 2.45) is 5.84 Å². The lowest BCUT2D eigenvalue weighted by molar-refractivity contribution is -0.0369. The van der Waals surface area contributed by atoms with E-state index in [9.17, 15) is 0 Å². The number of hydrogen-bond acceptors (Lipinski definition) is 4. The first-order valence-corrected chi connectivity index (χ1v) is 6.79. The molecule has 0 aromatic carbocycles. The number of ether oxygens (including phenoxy) is 1. The van der Waals surface area contributed by atoms with E-state index in [1.807, 2.05) is 10.9 Å². The number of rotatable bonds is 6. The summed E-state index contributed by atoms with van der Waals surface area (Å²) >= 11 is 0. The Morgan fingerprint density at radius 2 is 2.28 bits per heavy atom. The first-order chi connectivity index (χ1) is 8.75. The van der Waals surface area contributed by atoms with Gasteiger partial charge < -0.3 is 4.74 Å². The van der Waals surface area contributed by atoms with Crippen LogP contribution in [0.15, 0.2) is 12.4 Å². The van der Waals surface area contributed by atoms with Crippen LogP contribution in [0.1, 0.15) is 50.6 Å². The van der Waals surface area contributed by atoms with Crippen molar-refractivity contribution in [3.8, 4) is 0 Å². The molecule has 3 N–H and O–H groups in total. The average molecular weight is 252 g/mol. The molecule has 1 aliphatic carbocycles. The van der Waals surface area contributed by atoms with Gasteiger partial charge in [0.25, 0.3) is 0 Å². The predicted molar refractivity (Wildman–Crippen MR) is 70.8 cm³/mol. The molecule has 1 fully saturated rings. The molecule has 102 valence electrons. The molecule has 1 aromatic rings. The third-order valence-corrected chi connectivity index (χ3v) is 3.99. The molecule has 1 atom stereocenters. The van der Waals surface area contributed by atoms with Gasteiger partial charge in [-0.3, -0.25) is 10.5 Å². The highest BCUT2D eigenvalue weighted by Crippen LogP contribution is 2.42. The van der Waals surface area contributed by atoms with Crippen LogP contribution in [0.2, 0.25) is 0 Å². The lowest BCUT2D eigenvalue weighted by Gasteiger charge is -2.35.